The minimum Gasteiger partial charge on any atom is -0.444 e. The summed E-state index contributed by atoms with van der Waals surface area (Å²) in [5.41, 5.74) is 3.52. The predicted octanol–water partition coefficient (Wildman–Crippen LogP) is 5.56. The highest BCUT2D eigenvalue weighted by Gasteiger charge is 2.35. The molecule has 7 nitrogen and oxygen atoms in total. The molecule has 0 bridgehead atoms. The van der Waals surface area contributed by atoms with E-state index in [-0.39, 0.29) is 6.42 Å². The van der Waals surface area contributed by atoms with Crippen molar-refractivity contribution in [3.63, 3.8) is 0 Å². The predicted molar refractivity (Wildman–Crippen MR) is 158 cm³/mol. The highest BCUT2D eigenvalue weighted by atomic mass is 16.6. The number of aryl methyl sites for hydroxylation is 2. The van der Waals surface area contributed by atoms with Crippen LogP contribution in [0.5, 0.6) is 0 Å². The van der Waals surface area contributed by atoms with E-state index < -0.39 is 35.6 Å². The number of hydrogen-bond acceptors (Lipinski definition) is 4. The van der Waals surface area contributed by atoms with Gasteiger partial charge in [0.2, 0.25) is 5.91 Å². The number of nitrogens with one attached hydrogen (secondary N) is 2. The first-order valence-electron chi connectivity index (χ1n) is 13.1. The lowest BCUT2D eigenvalue weighted by molar-refractivity contribution is -0.139. The Labute approximate surface area is 236 Å². The lowest BCUT2D eigenvalue weighted by Gasteiger charge is -2.32. The van der Waals surface area contributed by atoms with Crippen molar-refractivity contribution in [2.45, 2.75) is 58.7 Å². The van der Waals surface area contributed by atoms with Crippen LogP contribution in [0.15, 0.2) is 72.8 Å². The molecule has 0 radical (unpaired) electrons. The van der Waals surface area contributed by atoms with Crippen molar-refractivity contribution in [2.24, 2.45) is 0 Å². The SMILES string of the molecule is C#Cc1ccccc1C(C(=O)Nc1c(C)cccc1C)N(C)C(=O)C(Cc1ccccc1)NC(=O)OC(C)(C)C. The Balaban J connectivity index is 2.02. The molecule has 0 spiro atoms. The Morgan fingerprint density at radius 3 is 2.12 bits per heavy atom. The van der Waals surface area contributed by atoms with Gasteiger partial charge in [0.25, 0.3) is 5.91 Å². The molecule has 0 heterocycles. The minimum absolute atomic E-state index is 0.200. The molecular formula is C33H37N3O4. The molecule has 0 saturated carbocycles. The molecule has 3 rings (SSSR count). The van der Waals surface area contributed by atoms with Crippen LogP contribution < -0.4 is 10.6 Å². The number of para-hydroxylation sites is 1. The van der Waals surface area contributed by atoms with Crippen LogP contribution in [0.4, 0.5) is 10.5 Å². The fraction of sp³-hybridized carbons (Fsp3) is 0.303. The summed E-state index contributed by atoms with van der Waals surface area (Å²) in [4.78, 5) is 42.1. The van der Waals surface area contributed by atoms with Crippen molar-refractivity contribution in [1.82, 2.24) is 10.2 Å². The van der Waals surface area contributed by atoms with Crippen LogP contribution in [-0.4, -0.2) is 41.5 Å². The number of amides is 3. The number of carbonyl (C=O) groups is 3. The first kappa shape index (κ1) is 30.0. The van der Waals surface area contributed by atoms with Gasteiger partial charge in [-0.2, -0.15) is 0 Å². The summed E-state index contributed by atoms with van der Waals surface area (Å²) in [5, 5.41) is 5.73. The second kappa shape index (κ2) is 13.0. The average molecular weight is 540 g/mol. The van der Waals surface area contributed by atoms with Gasteiger partial charge in [-0.3, -0.25) is 9.59 Å². The Kier molecular flexibility index (Phi) is 9.73. The van der Waals surface area contributed by atoms with Gasteiger partial charge in [-0.25, -0.2) is 4.79 Å². The third-order valence-corrected chi connectivity index (χ3v) is 6.40. The molecule has 208 valence electrons. The van der Waals surface area contributed by atoms with Gasteiger partial charge in [-0.15, -0.1) is 6.42 Å². The third-order valence-electron chi connectivity index (χ3n) is 6.40. The molecule has 0 aliphatic rings. The normalized spacial score (nSPS) is 12.4. The molecule has 2 unspecified atom stereocenters. The smallest absolute Gasteiger partial charge is 0.408 e. The van der Waals surface area contributed by atoms with E-state index in [1.807, 2.05) is 62.4 Å². The summed E-state index contributed by atoms with van der Waals surface area (Å²) in [6, 6.07) is 20.0. The standard InChI is InChI=1S/C33H37N3O4/c1-8-25-19-12-13-20-26(25)29(30(37)35-28-22(2)15-14-16-23(28)3)36(7)31(38)27(21-24-17-10-9-11-18-24)34-32(39)40-33(4,5)6/h1,9-20,27,29H,21H2,2-7H3,(H,34,39)(H,35,37). The molecule has 3 amide bonds. The van der Waals surface area contributed by atoms with Gasteiger partial charge in [-0.05, 0) is 62.9 Å². The third kappa shape index (κ3) is 7.73. The summed E-state index contributed by atoms with van der Waals surface area (Å²) < 4.78 is 5.44. The summed E-state index contributed by atoms with van der Waals surface area (Å²) in [5.74, 6) is 1.74. The Bertz CT molecular complexity index is 1380. The van der Waals surface area contributed by atoms with Gasteiger partial charge in [0, 0.05) is 24.7 Å². The molecule has 0 aliphatic carbocycles. The minimum atomic E-state index is -1.07. The number of carbonyl (C=O) groups excluding carboxylic acids is 3. The fourth-order valence-corrected chi connectivity index (χ4v) is 4.47. The fourth-order valence-electron chi connectivity index (χ4n) is 4.47. The first-order chi connectivity index (χ1) is 18.9. The first-order valence-corrected chi connectivity index (χ1v) is 13.1. The van der Waals surface area contributed by atoms with Crippen LogP contribution in [0, 0.1) is 26.2 Å². The zero-order valence-electron chi connectivity index (χ0n) is 23.9. The van der Waals surface area contributed by atoms with E-state index in [9.17, 15) is 14.4 Å². The second-order valence-electron chi connectivity index (χ2n) is 10.7. The summed E-state index contributed by atoms with van der Waals surface area (Å²) in [6.07, 6.45) is 5.27. The number of hydrogen-bond donors (Lipinski definition) is 2. The summed E-state index contributed by atoms with van der Waals surface area (Å²) in [7, 11) is 1.54. The molecule has 3 aromatic rings. The quantitative estimate of drug-likeness (QED) is 0.367. The van der Waals surface area contributed by atoms with Gasteiger partial charge < -0.3 is 20.3 Å². The van der Waals surface area contributed by atoms with Crippen molar-refractivity contribution in [1.29, 1.82) is 0 Å². The van der Waals surface area contributed by atoms with Crippen LogP contribution >= 0.6 is 0 Å². The molecule has 40 heavy (non-hydrogen) atoms. The number of anilines is 1. The van der Waals surface area contributed by atoms with E-state index in [1.165, 1.54) is 4.90 Å². The number of alkyl carbamates (subject to hydrolysis) is 1. The second-order valence-corrected chi connectivity index (χ2v) is 10.7. The van der Waals surface area contributed by atoms with Crippen molar-refractivity contribution in [2.75, 3.05) is 12.4 Å². The van der Waals surface area contributed by atoms with E-state index >= 15 is 0 Å². The van der Waals surface area contributed by atoms with Gasteiger partial charge in [-0.1, -0.05) is 72.7 Å². The Morgan fingerprint density at radius 1 is 0.925 bits per heavy atom. The van der Waals surface area contributed by atoms with Crippen LogP contribution in [-0.2, 0) is 20.7 Å². The van der Waals surface area contributed by atoms with Crippen molar-refractivity contribution >= 4 is 23.6 Å². The van der Waals surface area contributed by atoms with E-state index in [0.717, 1.165) is 16.7 Å². The van der Waals surface area contributed by atoms with Gasteiger partial charge in [0.1, 0.15) is 17.7 Å². The summed E-state index contributed by atoms with van der Waals surface area (Å²) in [6.45, 7) is 9.05. The average Bonchev–Trinajstić information content (AvgIpc) is 2.90. The molecular weight excluding hydrogens is 502 g/mol. The number of rotatable bonds is 8. The molecule has 3 aromatic carbocycles. The van der Waals surface area contributed by atoms with E-state index in [1.54, 1.807) is 52.1 Å². The number of nitrogens with zero attached hydrogens (tertiary/aromatic N) is 1. The molecule has 0 aliphatic heterocycles. The maximum absolute atomic E-state index is 14.1. The maximum Gasteiger partial charge on any atom is 0.408 e. The summed E-state index contributed by atoms with van der Waals surface area (Å²) >= 11 is 0. The van der Waals surface area contributed by atoms with Crippen LogP contribution in [0.1, 0.15) is 54.6 Å². The molecule has 0 aromatic heterocycles. The van der Waals surface area contributed by atoms with E-state index in [4.69, 9.17) is 11.2 Å². The van der Waals surface area contributed by atoms with Gasteiger partial charge in [0.15, 0.2) is 0 Å². The van der Waals surface area contributed by atoms with Gasteiger partial charge >= 0.3 is 6.09 Å². The van der Waals surface area contributed by atoms with Crippen LogP contribution in [0.3, 0.4) is 0 Å². The lowest BCUT2D eigenvalue weighted by atomic mass is 9.97. The number of ether oxygens (including phenoxy) is 1. The molecule has 2 atom stereocenters. The number of likely N-dealkylation sites (N-methyl/N-ethyl adjacent to an activating group) is 1. The highest BCUT2D eigenvalue weighted by Crippen LogP contribution is 2.28. The topological polar surface area (TPSA) is 87.7 Å². The zero-order valence-corrected chi connectivity index (χ0v) is 23.9. The number of terminal acetylenes is 1. The molecule has 0 fully saturated rings. The van der Waals surface area contributed by atoms with E-state index in [2.05, 4.69) is 16.6 Å². The van der Waals surface area contributed by atoms with Crippen LogP contribution in [0.25, 0.3) is 0 Å². The van der Waals surface area contributed by atoms with Crippen molar-refractivity contribution in [3.05, 3.63) is 101 Å². The Morgan fingerprint density at radius 2 is 1.52 bits per heavy atom. The zero-order chi connectivity index (χ0) is 29.4. The highest BCUT2D eigenvalue weighted by molar-refractivity contribution is 6.00. The van der Waals surface area contributed by atoms with Crippen LogP contribution in [0.2, 0.25) is 0 Å². The number of benzene rings is 3. The molecule has 0 saturated heterocycles. The van der Waals surface area contributed by atoms with Crippen molar-refractivity contribution < 1.29 is 19.1 Å². The molecule has 2 N–H and O–H groups in total. The monoisotopic (exact) mass is 539 g/mol. The largest absolute Gasteiger partial charge is 0.444 e. The Hall–Kier alpha value is -4.57. The maximum atomic E-state index is 14.1. The lowest BCUT2D eigenvalue weighted by Crippen LogP contribution is -2.52. The van der Waals surface area contributed by atoms with E-state index in [0.29, 0.717) is 16.8 Å². The van der Waals surface area contributed by atoms with Gasteiger partial charge in [0.05, 0.1) is 0 Å². The molecule has 7 heteroatoms. The van der Waals surface area contributed by atoms with Crippen molar-refractivity contribution in [3.8, 4) is 12.3 Å².